The number of hydrogen-bond donors (Lipinski definition) is 0. The molecular weight excluding hydrogens is 338 g/mol. The first kappa shape index (κ1) is 17.3. The summed E-state index contributed by atoms with van der Waals surface area (Å²) in [6.45, 7) is 2.01. The molecule has 0 fully saturated rings. The van der Waals surface area contributed by atoms with Crippen molar-refractivity contribution in [3.63, 3.8) is 0 Å². The fraction of sp³-hybridized carbons (Fsp3) is 0.217. The average Bonchev–Trinajstić information content (AvgIpc) is 2.71. The van der Waals surface area contributed by atoms with E-state index in [9.17, 15) is 4.79 Å². The molecule has 4 heteroatoms. The van der Waals surface area contributed by atoms with Gasteiger partial charge in [0.25, 0.3) is 0 Å². The molecule has 1 aliphatic rings. The van der Waals surface area contributed by atoms with Crippen molar-refractivity contribution in [1.82, 2.24) is 0 Å². The summed E-state index contributed by atoms with van der Waals surface area (Å²) in [6.07, 6.45) is 2.74. The number of hydrogen-bond acceptors (Lipinski definition) is 4. The van der Waals surface area contributed by atoms with Gasteiger partial charge in [-0.25, -0.2) is 4.79 Å². The molecule has 3 aromatic rings. The summed E-state index contributed by atoms with van der Waals surface area (Å²) in [5, 5.41) is 6.11. The number of ether oxygens (including phenoxy) is 1. The molecule has 27 heavy (non-hydrogen) atoms. The lowest BCUT2D eigenvalue weighted by atomic mass is 9.88. The van der Waals surface area contributed by atoms with Gasteiger partial charge in [-0.3, -0.25) is 0 Å². The van der Waals surface area contributed by atoms with Crippen LogP contribution in [0.3, 0.4) is 0 Å². The molecule has 4 nitrogen and oxygen atoms in total. The molecule has 0 aliphatic heterocycles. The van der Waals surface area contributed by atoms with Gasteiger partial charge < -0.3 is 9.57 Å². The Morgan fingerprint density at radius 1 is 1.04 bits per heavy atom. The topological polar surface area (TPSA) is 47.9 Å². The van der Waals surface area contributed by atoms with Crippen LogP contribution >= 0.6 is 0 Å². The van der Waals surface area contributed by atoms with E-state index in [1.807, 2.05) is 43.3 Å². The highest BCUT2D eigenvalue weighted by Gasteiger charge is 2.19. The molecule has 0 aromatic heterocycles. The van der Waals surface area contributed by atoms with Crippen LogP contribution < -0.4 is 4.74 Å². The smallest absolute Gasteiger partial charge is 0.366 e. The molecule has 0 saturated heterocycles. The summed E-state index contributed by atoms with van der Waals surface area (Å²) in [6, 6.07) is 17.5. The second-order valence-corrected chi connectivity index (χ2v) is 6.78. The number of aryl methyl sites for hydroxylation is 2. The molecule has 0 heterocycles. The minimum atomic E-state index is -0.434. The van der Waals surface area contributed by atoms with Crippen LogP contribution in [-0.4, -0.2) is 18.8 Å². The zero-order valence-corrected chi connectivity index (χ0v) is 15.5. The SMILES string of the molecule is COc1cc2c(cc1C)C(=NOC(=O)c1cccc3ccccc13)CCC2. The van der Waals surface area contributed by atoms with Crippen molar-refractivity contribution in [2.45, 2.75) is 26.2 Å². The zero-order chi connectivity index (χ0) is 18.8. The Morgan fingerprint density at radius 3 is 2.70 bits per heavy atom. The number of carbonyl (C=O) groups excluding carboxylic acids is 1. The minimum Gasteiger partial charge on any atom is -0.496 e. The van der Waals surface area contributed by atoms with Crippen molar-refractivity contribution in [3.8, 4) is 5.75 Å². The van der Waals surface area contributed by atoms with E-state index in [2.05, 4.69) is 17.3 Å². The Morgan fingerprint density at radius 2 is 1.85 bits per heavy atom. The van der Waals surface area contributed by atoms with Gasteiger partial charge in [0.15, 0.2) is 0 Å². The van der Waals surface area contributed by atoms with Crippen LogP contribution in [0.1, 0.15) is 39.9 Å². The molecule has 0 unspecified atom stereocenters. The number of oxime groups is 1. The molecular formula is C23H21NO3. The summed E-state index contributed by atoms with van der Waals surface area (Å²) < 4.78 is 5.42. The molecule has 0 N–H and O–H groups in total. The molecule has 0 saturated carbocycles. The van der Waals surface area contributed by atoms with Crippen molar-refractivity contribution >= 4 is 22.5 Å². The highest BCUT2D eigenvalue weighted by molar-refractivity contribution is 6.06. The van der Waals surface area contributed by atoms with Crippen LogP contribution in [0.25, 0.3) is 10.8 Å². The number of benzene rings is 3. The van der Waals surface area contributed by atoms with Crippen LogP contribution in [0.2, 0.25) is 0 Å². The van der Waals surface area contributed by atoms with E-state index in [1.54, 1.807) is 13.2 Å². The van der Waals surface area contributed by atoms with Crippen molar-refractivity contribution in [2.75, 3.05) is 7.11 Å². The lowest BCUT2D eigenvalue weighted by Gasteiger charge is -2.19. The molecule has 0 bridgehead atoms. The maximum absolute atomic E-state index is 12.6. The zero-order valence-electron chi connectivity index (χ0n) is 15.5. The highest BCUT2D eigenvalue weighted by atomic mass is 16.7. The van der Waals surface area contributed by atoms with E-state index >= 15 is 0 Å². The van der Waals surface area contributed by atoms with Crippen LogP contribution in [-0.2, 0) is 11.3 Å². The summed E-state index contributed by atoms with van der Waals surface area (Å²) >= 11 is 0. The number of methoxy groups -OCH3 is 1. The molecule has 136 valence electrons. The second-order valence-electron chi connectivity index (χ2n) is 6.78. The van der Waals surface area contributed by atoms with E-state index in [0.717, 1.165) is 52.6 Å². The monoisotopic (exact) mass is 359 g/mol. The van der Waals surface area contributed by atoms with Gasteiger partial charge in [-0.15, -0.1) is 0 Å². The predicted octanol–water partition coefficient (Wildman–Crippen LogP) is 5.05. The molecule has 4 rings (SSSR count). The molecule has 0 amide bonds. The third-order valence-electron chi connectivity index (χ3n) is 5.04. The normalized spacial score (nSPS) is 14.8. The van der Waals surface area contributed by atoms with Crippen molar-refractivity contribution in [2.24, 2.45) is 5.16 Å². The third kappa shape index (κ3) is 3.31. The van der Waals surface area contributed by atoms with E-state index in [0.29, 0.717) is 5.56 Å². The van der Waals surface area contributed by atoms with Gasteiger partial charge in [0.2, 0.25) is 0 Å². The second kappa shape index (κ2) is 7.23. The molecule has 3 aromatic carbocycles. The number of rotatable bonds is 3. The molecule has 0 spiro atoms. The van der Waals surface area contributed by atoms with Gasteiger partial charge in [0, 0.05) is 5.56 Å². The van der Waals surface area contributed by atoms with E-state index < -0.39 is 5.97 Å². The lowest BCUT2D eigenvalue weighted by molar-refractivity contribution is 0.0518. The maximum Gasteiger partial charge on any atom is 0.366 e. The first-order chi connectivity index (χ1) is 13.2. The summed E-state index contributed by atoms with van der Waals surface area (Å²) in [7, 11) is 1.68. The fourth-order valence-electron chi connectivity index (χ4n) is 3.65. The van der Waals surface area contributed by atoms with Gasteiger partial charge in [-0.1, -0.05) is 41.6 Å². The minimum absolute atomic E-state index is 0.434. The summed E-state index contributed by atoms with van der Waals surface area (Å²) in [5.74, 6) is 0.444. The number of fused-ring (bicyclic) bond motifs is 2. The van der Waals surface area contributed by atoms with Gasteiger partial charge in [-0.05, 0) is 66.3 Å². The van der Waals surface area contributed by atoms with Crippen molar-refractivity contribution in [1.29, 1.82) is 0 Å². The van der Waals surface area contributed by atoms with E-state index in [1.165, 1.54) is 5.56 Å². The Kier molecular flexibility index (Phi) is 4.63. The van der Waals surface area contributed by atoms with Gasteiger partial charge in [-0.2, -0.15) is 0 Å². The maximum atomic E-state index is 12.6. The van der Waals surface area contributed by atoms with Crippen LogP contribution in [0, 0.1) is 6.92 Å². The van der Waals surface area contributed by atoms with E-state index in [-0.39, 0.29) is 0 Å². The molecule has 0 radical (unpaired) electrons. The van der Waals surface area contributed by atoms with Crippen molar-refractivity contribution < 1.29 is 14.4 Å². The Labute approximate surface area is 158 Å². The predicted molar refractivity (Wildman–Crippen MR) is 107 cm³/mol. The Bertz CT molecular complexity index is 1050. The largest absolute Gasteiger partial charge is 0.496 e. The quantitative estimate of drug-likeness (QED) is 0.485. The Hall–Kier alpha value is -3.14. The number of nitrogens with zero attached hydrogens (tertiary/aromatic N) is 1. The molecule has 1 aliphatic carbocycles. The summed E-state index contributed by atoms with van der Waals surface area (Å²) in [4.78, 5) is 18.0. The summed E-state index contributed by atoms with van der Waals surface area (Å²) in [5.41, 5.74) is 4.62. The van der Waals surface area contributed by atoms with Crippen molar-refractivity contribution in [3.05, 3.63) is 76.9 Å². The third-order valence-corrected chi connectivity index (χ3v) is 5.04. The first-order valence-electron chi connectivity index (χ1n) is 9.11. The molecule has 0 atom stereocenters. The fourth-order valence-corrected chi connectivity index (χ4v) is 3.65. The van der Waals surface area contributed by atoms with Crippen LogP contribution in [0.15, 0.2) is 59.8 Å². The van der Waals surface area contributed by atoms with Gasteiger partial charge >= 0.3 is 5.97 Å². The lowest BCUT2D eigenvalue weighted by Crippen LogP contribution is -2.14. The first-order valence-corrected chi connectivity index (χ1v) is 9.11. The van der Waals surface area contributed by atoms with Gasteiger partial charge in [0.05, 0.1) is 18.4 Å². The van der Waals surface area contributed by atoms with Crippen LogP contribution in [0.5, 0.6) is 5.75 Å². The van der Waals surface area contributed by atoms with E-state index in [4.69, 9.17) is 9.57 Å². The highest BCUT2D eigenvalue weighted by Crippen LogP contribution is 2.29. The van der Waals surface area contributed by atoms with Gasteiger partial charge in [0.1, 0.15) is 5.75 Å². The standard InChI is InChI=1S/C23H21NO3/c1-15-13-20-17(14-22(15)26-2)9-6-12-21(20)24-27-23(25)19-11-5-8-16-7-3-4-10-18(16)19/h3-5,7-8,10-11,13-14H,6,9,12H2,1-2H3. The average molecular weight is 359 g/mol. The Balaban J connectivity index is 1.64. The number of carbonyl (C=O) groups is 1. The van der Waals surface area contributed by atoms with Crippen LogP contribution in [0.4, 0.5) is 0 Å².